The number of nitrogens with one attached hydrogen (secondary N) is 1. The molecule has 2 fully saturated rings. The van der Waals surface area contributed by atoms with E-state index in [0.717, 1.165) is 29.9 Å². The lowest BCUT2D eigenvalue weighted by Gasteiger charge is -2.45. The van der Waals surface area contributed by atoms with E-state index < -0.39 is 5.60 Å². The van der Waals surface area contributed by atoms with Gasteiger partial charge in [0, 0.05) is 12.1 Å². The van der Waals surface area contributed by atoms with Gasteiger partial charge in [0.15, 0.2) is 11.5 Å². The van der Waals surface area contributed by atoms with E-state index in [1.54, 1.807) is 0 Å². The molecule has 0 amide bonds. The number of rotatable bonds is 1. The highest BCUT2D eigenvalue weighted by atomic mass is 16.6. The number of benzene rings is 1. The van der Waals surface area contributed by atoms with Crippen LogP contribution in [-0.4, -0.2) is 30.4 Å². The third-order valence-electron chi connectivity index (χ3n) is 4.82. The first-order valence-corrected chi connectivity index (χ1v) is 7.61. The van der Waals surface area contributed by atoms with E-state index in [4.69, 9.17) is 9.47 Å². The first-order chi connectivity index (χ1) is 9.73. The maximum atomic E-state index is 11.1. The average molecular weight is 275 g/mol. The van der Waals surface area contributed by atoms with E-state index in [9.17, 15) is 5.11 Å². The van der Waals surface area contributed by atoms with E-state index in [1.165, 1.54) is 19.3 Å². The normalized spacial score (nSPS) is 35.6. The first-order valence-electron chi connectivity index (χ1n) is 7.61. The Hall–Kier alpha value is -1.26. The summed E-state index contributed by atoms with van der Waals surface area (Å²) in [6, 6.07) is 6.78. The van der Waals surface area contributed by atoms with Gasteiger partial charge in [0.2, 0.25) is 0 Å². The van der Waals surface area contributed by atoms with Crippen molar-refractivity contribution < 1.29 is 14.6 Å². The Morgan fingerprint density at radius 1 is 1.05 bits per heavy atom. The number of piperidine rings is 2. The highest BCUT2D eigenvalue weighted by Gasteiger charge is 2.42. The van der Waals surface area contributed by atoms with Gasteiger partial charge in [-0.1, -0.05) is 12.5 Å². The minimum absolute atomic E-state index is 0.445. The summed E-state index contributed by atoms with van der Waals surface area (Å²) >= 11 is 0. The van der Waals surface area contributed by atoms with Crippen LogP contribution in [0.15, 0.2) is 18.2 Å². The molecule has 4 nitrogen and oxygen atoms in total. The Bertz CT molecular complexity index is 504. The highest BCUT2D eigenvalue weighted by Crippen LogP contribution is 2.42. The van der Waals surface area contributed by atoms with Gasteiger partial charge < -0.3 is 19.9 Å². The molecule has 2 saturated heterocycles. The molecule has 4 heteroatoms. The molecule has 2 atom stereocenters. The molecule has 108 valence electrons. The van der Waals surface area contributed by atoms with Gasteiger partial charge in [-0.3, -0.25) is 0 Å². The summed E-state index contributed by atoms with van der Waals surface area (Å²) in [6.07, 6.45) is 5.21. The van der Waals surface area contributed by atoms with Crippen molar-refractivity contribution in [1.82, 2.24) is 5.32 Å². The fraction of sp³-hybridized carbons (Fsp3) is 0.625. The van der Waals surface area contributed by atoms with Gasteiger partial charge in [0.1, 0.15) is 13.2 Å². The highest BCUT2D eigenvalue weighted by molar-refractivity contribution is 5.45. The first kappa shape index (κ1) is 12.5. The molecule has 0 saturated carbocycles. The van der Waals surface area contributed by atoms with Crippen LogP contribution in [0.1, 0.15) is 37.7 Å². The molecule has 3 aliphatic heterocycles. The minimum Gasteiger partial charge on any atom is -0.486 e. The van der Waals surface area contributed by atoms with Crippen molar-refractivity contribution >= 4 is 0 Å². The largest absolute Gasteiger partial charge is 0.486 e. The van der Waals surface area contributed by atoms with Crippen molar-refractivity contribution in [3.8, 4) is 11.5 Å². The average Bonchev–Trinajstić information content (AvgIpc) is 2.46. The van der Waals surface area contributed by atoms with Crippen LogP contribution in [0.2, 0.25) is 0 Å². The van der Waals surface area contributed by atoms with Crippen LogP contribution < -0.4 is 14.8 Å². The summed E-state index contributed by atoms with van der Waals surface area (Å²) in [7, 11) is 0. The smallest absolute Gasteiger partial charge is 0.161 e. The molecule has 0 aromatic heterocycles. The van der Waals surface area contributed by atoms with Crippen molar-refractivity contribution in [1.29, 1.82) is 0 Å². The Morgan fingerprint density at radius 2 is 1.75 bits per heavy atom. The molecule has 0 aliphatic carbocycles. The van der Waals surface area contributed by atoms with Gasteiger partial charge in [-0.2, -0.15) is 0 Å². The summed E-state index contributed by atoms with van der Waals surface area (Å²) in [5, 5.41) is 14.7. The van der Waals surface area contributed by atoms with Gasteiger partial charge in [0.05, 0.1) is 5.60 Å². The molecule has 4 rings (SSSR count). The third kappa shape index (κ3) is 2.07. The summed E-state index contributed by atoms with van der Waals surface area (Å²) in [5.74, 6) is 1.56. The molecule has 1 aromatic carbocycles. The molecule has 0 radical (unpaired) electrons. The summed E-state index contributed by atoms with van der Waals surface area (Å²) in [4.78, 5) is 0. The number of fused-ring (bicyclic) bond motifs is 3. The lowest BCUT2D eigenvalue weighted by atomic mass is 9.74. The van der Waals surface area contributed by atoms with E-state index in [0.29, 0.717) is 25.3 Å². The van der Waals surface area contributed by atoms with E-state index >= 15 is 0 Å². The third-order valence-corrected chi connectivity index (χ3v) is 4.82. The lowest BCUT2D eigenvalue weighted by molar-refractivity contribution is -0.0361. The van der Waals surface area contributed by atoms with Crippen LogP contribution in [0.3, 0.4) is 0 Å². The van der Waals surface area contributed by atoms with Crippen molar-refractivity contribution in [2.75, 3.05) is 13.2 Å². The van der Waals surface area contributed by atoms with Gasteiger partial charge >= 0.3 is 0 Å². The predicted octanol–water partition coefficient (Wildman–Crippen LogP) is 1.95. The van der Waals surface area contributed by atoms with Gasteiger partial charge in [0.25, 0.3) is 0 Å². The fourth-order valence-electron chi connectivity index (χ4n) is 3.90. The maximum Gasteiger partial charge on any atom is 0.161 e. The summed E-state index contributed by atoms with van der Waals surface area (Å²) in [5.41, 5.74) is 0.247. The zero-order valence-electron chi connectivity index (χ0n) is 11.6. The van der Waals surface area contributed by atoms with E-state index in [2.05, 4.69) is 5.32 Å². The zero-order chi connectivity index (χ0) is 13.6. The van der Waals surface area contributed by atoms with Crippen LogP contribution in [-0.2, 0) is 5.60 Å². The fourth-order valence-corrected chi connectivity index (χ4v) is 3.90. The molecule has 2 N–H and O–H groups in total. The molecule has 3 aliphatic rings. The Morgan fingerprint density at radius 3 is 2.50 bits per heavy atom. The number of ether oxygens (including phenoxy) is 2. The Balaban J connectivity index is 1.65. The van der Waals surface area contributed by atoms with Crippen LogP contribution >= 0.6 is 0 Å². The Kier molecular flexibility index (Phi) is 2.89. The lowest BCUT2D eigenvalue weighted by Crippen LogP contribution is -2.54. The molecule has 2 bridgehead atoms. The standard InChI is InChI=1S/C16H21NO3/c18-16(9-12-2-1-3-13(10-16)17-12)11-4-5-14-15(8-11)20-7-6-19-14/h4-5,8,12-13,17-18H,1-3,6-7,9-10H2. The van der Waals surface area contributed by atoms with Crippen molar-refractivity contribution in [2.45, 2.75) is 49.8 Å². The van der Waals surface area contributed by atoms with Crippen LogP contribution in [0.25, 0.3) is 0 Å². The van der Waals surface area contributed by atoms with Gasteiger partial charge in [-0.15, -0.1) is 0 Å². The molecular formula is C16H21NO3. The van der Waals surface area contributed by atoms with E-state index in [1.807, 2.05) is 18.2 Å². The topological polar surface area (TPSA) is 50.7 Å². The van der Waals surface area contributed by atoms with Crippen LogP contribution in [0, 0.1) is 0 Å². The molecule has 20 heavy (non-hydrogen) atoms. The van der Waals surface area contributed by atoms with Crippen molar-refractivity contribution in [2.24, 2.45) is 0 Å². The van der Waals surface area contributed by atoms with E-state index in [-0.39, 0.29) is 0 Å². The van der Waals surface area contributed by atoms with Crippen LogP contribution in [0.4, 0.5) is 0 Å². The number of hydrogen-bond acceptors (Lipinski definition) is 4. The van der Waals surface area contributed by atoms with Crippen LogP contribution in [0.5, 0.6) is 11.5 Å². The summed E-state index contributed by atoms with van der Waals surface area (Å²) < 4.78 is 11.2. The quantitative estimate of drug-likeness (QED) is 0.822. The summed E-state index contributed by atoms with van der Waals surface area (Å²) in [6.45, 7) is 1.19. The number of hydrogen-bond donors (Lipinski definition) is 2. The second-order valence-electron chi connectivity index (χ2n) is 6.29. The molecular weight excluding hydrogens is 254 g/mol. The number of aliphatic hydroxyl groups is 1. The minimum atomic E-state index is -0.725. The SMILES string of the molecule is OC1(c2ccc3c(c2)OCCO3)CC2CCCC(C1)N2. The second-order valence-corrected chi connectivity index (χ2v) is 6.29. The molecule has 2 unspecified atom stereocenters. The van der Waals surface area contributed by atoms with Crippen molar-refractivity contribution in [3.05, 3.63) is 23.8 Å². The van der Waals surface area contributed by atoms with Crippen molar-refractivity contribution in [3.63, 3.8) is 0 Å². The van der Waals surface area contributed by atoms with Gasteiger partial charge in [-0.25, -0.2) is 0 Å². The molecule has 1 aromatic rings. The zero-order valence-corrected chi connectivity index (χ0v) is 11.6. The molecule has 3 heterocycles. The second kappa shape index (κ2) is 4.64. The maximum absolute atomic E-state index is 11.1. The van der Waals surface area contributed by atoms with Gasteiger partial charge in [-0.05, 0) is 43.4 Å². The Labute approximate surface area is 119 Å². The monoisotopic (exact) mass is 275 g/mol. The predicted molar refractivity (Wildman–Crippen MR) is 75.1 cm³/mol. The molecule has 0 spiro atoms.